The topological polar surface area (TPSA) is 61.0 Å². The Morgan fingerprint density at radius 3 is 2.68 bits per heavy atom. The van der Waals surface area contributed by atoms with E-state index >= 15 is 0 Å². The van der Waals surface area contributed by atoms with E-state index in [0.717, 1.165) is 23.1 Å². The maximum atomic E-state index is 5.95. The Morgan fingerprint density at radius 1 is 1.32 bits per heavy atom. The molecule has 19 heavy (non-hydrogen) atoms. The molecule has 0 fully saturated rings. The maximum Gasteiger partial charge on any atom is 0.227 e. The van der Waals surface area contributed by atoms with Crippen molar-refractivity contribution < 1.29 is 4.74 Å². The summed E-state index contributed by atoms with van der Waals surface area (Å²) >= 11 is 1.66. The summed E-state index contributed by atoms with van der Waals surface area (Å²) in [5, 5.41) is 0.978. The molecule has 2 rings (SSSR count). The van der Waals surface area contributed by atoms with Crippen LogP contribution >= 0.6 is 11.3 Å². The smallest absolute Gasteiger partial charge is 0.227 e. The average Bonchev–Trinajstić information content (AvgIpc) is 2.70. The molecule has 0 aromatic carbocycles. The fourth-order valence-electron chi connectivity index (χ4n) is 2.13. The molecule has 0 amide bonds. The Balaban J connectivity index is 2.33. The van der Waals surface area contributed by atoms with Crippen LogP contribution in [0.15, 0.2) is 6.07 Å². The first-order valence-electron chi connectivity index (χ1n) is 6.72. The van der Waals surface area contributed by atoms with E-state index < -0.39 is 0 Å². The Kier molecular flexibility index (Phi) is 4.24. The number of aryl methyl sites for hydroxylation is 1. The van der Waals surface area contributed by atoms with Crippen LogP contribution in [0.5, 0.6) is 5.88 Å². The second kappa shape index (κ2) is 5.74. The van der Waals surface area contributed by atoms with Crippen molar-refractivity contribution >= 4 is 27.5 Å². The molecule has 0 saturated heterocycles. The number of nitrogens with two attached hydrogens (primary N) is 1. The molecule has 0 aliphatic carbocycles. The third kappa shape index (κ3) is 3.35. The molecule has 0 saturated carbocycles. The van der Waals surface area contributed by atoms with Gasteiger partial charge in [0.1, 0.15) is 4.83 Å². The number of rotatable bonds is 5. The van der Waals surface area contributed by atoms with E-state index in [4.69, 9.17) is 10.5 Å². The molecule has 0 bridgehead atoms. The van der Waals surface area contributed by atoms with E-state index in [1.807, 2.05) is 0 Å². The summed E-state index contributed by atoms with van der Waals surface area (Å²) in [6.07, 6.45) is 2.11. The zero-order chi connectivity index (χ0) is 14.0. The monoisotopic (exact) mass is 279 g/mol. The van der Waals surface area contributed by atoms with Gasteiger partial charge in [-0.15, -0.1) is 11.3 Å². The molecule has 5 heteroatoms. The van der Waals surface area contributed by atoms with E-state index in [1.54, 1.807) is 11.3 Å². The van der Waals surface area contributed by atoms with Crippen LogP contribution in [0.1, 0.15) is 39.0 Å². The summed E-state index contributed by atoms with van der Waals surface area (Å²) in [4.78, 5) is 10.7. The van der Waals surface area contributed by atoms with E-state index in [-0.39, 0.29) is 12.1 Å². The second-order valence-corrected chi connectivity index (χ2v) is 6.35. The number of hydrogen-bond donors (Lipinski definition) is 1. The van der Waals surface area contributed by atoms with Crippen LogP contribution in [-0.2, 0) is 6.42 Å². The summed E-state index contributed by atoms with van der Waals surface area (Å²) in [6, 6.07) is 2.11. The van der Waals surface area contributed by atoms with Gasteiger partial charge in [-0.3, -0.25) is 0 Å². The van der Waals surface area contributed by atoms with Gasteiger partial charge in [-0.25, -0.2) is 4.98 Å². The third-order valence-corrected chi connectivity index (χ3v) is 4.06. The molecule has 0 aliphatic heterocycles. The molecule has 0 spiro atoms. The van der Waals surface area contributed by atoms with E-state index in [9.17, 15) is 0 Å². The maximum absolute atomic E-state index is 5.95. The van der Waals surface area contributed by atoms with Crippen molar-refractivity contribution in [3.05, 3.63) is 10.9 Å². The molecular weight excluding hydrogens is 258 g/mol. The summed E-state index contributed by atoms with van der Waals surface area (Å²) in [6.45, 7) is 8.56. The first-order chi connectivity index (χ1) is 8.99. The minimum Gasteiger partial charge on any atom is -0.474 e. The molecule has 1 atom stereocenters. The number of ether oxygens (including phenoxy) is 1. The van der Waals surface area contributed by atoms with Crippen molar-refractivity contribution in [2.24, 2.45) is 5.92 Å². The highest BCUT2D eigenvalue weighted by Crippen LogP contribution is 2.32. The zero-order valence-electron chi connectivity index (χ0n) is 11.9. The molecule has 2 heterocycles. The van der Waals surface area contributed by atoms with Crippen LogP contribution in [0, 0.1) is 5.92 Å². The van der Waals surface area contributed by atoms with Gasteiger partial charge in [0.05, 0.1) is 11.5 Å². The largest absolute Gasteiger partial charge is 0.474 e. The Labute approximate surface area is 118 Å². The van der Waals surface area contributed by atoms with Crippen LogP contribution in [-0.4, -0.2) is 16.1 Å². The van der Waals surface area contributed by atoms with Crippen LogP contribution in [0.3, 0.4) is 0 Å². The highest BCUT2D eigenvalue weighted by Gasteiger charge is 2.14. The molecule has 2 aromatic heterocycles. The van der Waals surface area contributed by atoms with Crippen molar-refractivity contribution in [3.8, 4) is 5.88 Å². The predicted octanol–water partition coefficient (Wildman–Crippen LogP) is 3.65. The van der Waals surface area contributed by atoms with E-state index in [2.05, 4.69) is 43.7 Å². The summed E-state index contributed by atoms with van der Waals surface area (Å²) < 4.78 is 5.95. The summed E-state index contributed by atoms with van der Waals surface area (Å²) in [5.74, 6) is 1.49. The van der Waals surface area contributed by atoms with Gasteiger partial charge in [0.15, 0.2) is 0 Å². The lowest BCUT2D eigenvalue weighted by molar-refractivity contribution is 0.188. The van der Waals surface area contributed by atoms with Crippen LogP contribution in [0.25, 0.3) is 10.2 Å². The lowest BCUT2D eigenvalue weighted by Gasteiger charge is -2.16. The minimum absolute atomic E-state index is 0.127. The number of nitrogens with zero attached hydrogens (tertiary/aromatic N) is 2. The fraction of sp³-hybridized carbons (Fsp3) is 0.571. The van der Waals surface area contributed by atoms with Crippen molar-refractivity contribution in [1.29, 1.82) is 0 Å². The number of thiophene rings is 1. The lowest BCUT2D eigenvalue weighted by Crippen LogP contribution is -2.15. The Hall–Kier alpha value is -1.36. The van der Waals surface area contributed by atoms with Gasteiger partial charge >= 0.3 is 0 Å². The van der Waals surface area contributed by atoms with Crippen LogP contribution in [0.2, 0.25) is 0 Å². The second-order valence-electron chi connectivity index (χ2n) is 5.23. The molecule has 2 aromatic rings. The van der Waals surface area contributed by atoms with Crippen molar-refractivity contribution in [2.75, 3.05) is 5.73 Å². The van der Waals surface area contributed by atoms with Gasteiger partial charge < -0.3 is 10.5 Å². The van der Waals surface area contributed by atoms with Gasteiger partial charge in [-0.1, -0.05) is 20.8 Å². The number of anilines is 1. The van der Waals surface area contributed by atoms with Gasteiger partial charge in [0.25, 0.3) is 0 Å². The zero-order valence-corrected chi connectivity index (χ0v) is 12.8. The molecule has 0 aliphatic rings. The normalized spacial score (nSPS) is 13.1. The number of fused-ring (bicyclic) bond motifs is 1. The highest BCUT2D eigenvalue weighted by atomic mass is 32.1. The molecule has 0 radical (unpaired) electrons. The standard InChI is InChI=1S/C14H21N3OS/c1-5-10-7-11-12(18-9(4)6-8(2)3)16-14(15)17-13(11)19-10/h7-9H,5-6H2,1-4H3,(H2,15,16,17). The van der Waals surface area contributed by atoms with Crippen LogP contribution in [0.4, 0.5) is 5.95 Å². The lowest BCUT2D eigenvalue weighted by atomic mass is 10.1. The minimum atomic E-state index is 0.127. The van der Waals surface area contributed by atoms with Crippen molar-refractivity contribution in [2.45, 2.75) is 46.6 Å². The molecule has 104 valence electrons. The molecule has 2 N–H and O–H groups in total. The highest BCUT2D eigenvalue weighted by molar-refractivity contribution is 7.18. The quantitative estimate of drug-likeness (QED) is 0.907. The Bertz CT molecular complexity index is 565. The van der Waals surface area contributed by atoms with Crippen LogP contribution < -0.4 is 10.5 Å². The van der Waals surface area contributed by atoms with E-state index in [0.29, 0.717) is 11.8 Å². The van der Waals surface area contributed by atoms with E-state index in [1.165, 1.54) is 4.88 Å². The SMILES string of the molecule is CCc1cc2c(OC(C)CC(C)C)nc(N)nc2s1. The summed E-state index contributed by atoms with van der Waals surface area (Å²) in [7, 11) is 0. The molecule has 1 unspecified atom stereocenters. The summed E-state index contributed by atoms with van der Waals surface area (Å²) in [5.41, 5.74) is 5.76. The fourth-order valence-corrected chi connectivity index (χ4v) is 3.09. The van der Waals surface area contributed by atoms with Gasteiger partial charge in [0, 0.05) is 4.88 Å². The average molecular weight is 279 g/mol. The van der Waals surface area contributed by atoms with Gasteiger partial charge in [0.2, 0.25) is 11.8 Å². The number of aromatic nitrogens is 2. The molecule has 4 nitrogen and oxygen atoms in total. The Morgan fingerprint density at radius 2 is 2.05 bits per heavy atom. The van der Waals surface area contributed by atoms with Gasteiger partial charge in [-0.2, -0.15) is 4.98 Å². The first-order valence-corrected chi connectivity index (χ1v) is 7.53. The predicted molar refractivity (Wildman–Crippen MR) is 80.8 cm³/mol. The third-order valence-electron chi connectivity index (χ3n) is 2.89. The first kappa shape index (κ1) is 14.1. The van der Waals surface area contributed by atoms with Gasteiger partial charge in [-0.05, 0) is 31.7 Å². The van der Waals surface area contributed by atoms with Crippen molar-refractivity contribution in [1.82, 2.24) is 9.97 Å². The number of nitrogen functional groups attached to an aromatic ring is 1. The molecular formula is C14H21N3OS. The van der Waals surface area contributed by atoms with Crippen molar-refractivity contribution in [3.63, 3.8) is 0 Å². The number of hydrogen-bond acceptors (Lipinski definition) is 5.